The van der Waals surface area contributed by atoms with Crippen molar-refractivity contribution < 1.29 is 37.0 Å². The number of hydrogen-bond donors (Lipinski definition) is 3. The lowest BCUT2D eigenvalue weighted by Gasteiger charge is -2.08. The third kappa shape index (κ3) is 11.2. The molecule has 0 fully saturated rings. The maximum absolute atomic E-state index is 14.1. The number of hydrogen-bond acceptors (Lipinski definition) is 8. The van der Waals surface area contributed by atoms with Crippen LogP contribution in [0.5, 0.6) is 11.5 Å². The number of rotatable bonds is 10. The van der Waals surface area contributed by atoms with Gasteiger partial charge >= 0.3 is 0 Å². The molecule has 0 radical (unpaired) electrons. The summed E-state index contributed by atoms with van der Waals surface area (Å²) in [5.74, 6) is -8.01. The Morgan fingerprint density at radius 3 is 1.63 bits per heavy atom. The first-order chi connectivity index (χ1) is 24.5. The smallest absolute Gasteiger partial charge is 0.254 e. The first-order valence-electron chi connectivity index (χ1n) is 14.8. The van der Waals surface area contributed by atoms with Gasteiger partial charge in [-0.05, 0) is 35.4 Å². The Hall–Kier alpha value is -5.12. The molecular weight excluding hydrogens is 772 g/mol. The third-order valence-electron chi connectivity index (χ3n) is 6.74. The predicted molar refractivity (Wildman–Crippen MR) is 191 cm³/mol. The molecule has 0 unspecified atom stereocenters. The van der Waals surface area contributed by atoms with Crippen molar-refractivity contribution in [1.29, 1.82) is 0 Å². The van der Waals surface area contributed by atoms with E-state index in [4.69, 9.17) is 15.6 Å². The van der Waals surface area contributed by atoms with Crippen molar-refractivity contribution >= 4 is 50.4 Å². The molecule has 0 bridgehead atoms. The van der Waals surface area contributed by atoms with Gasteiger partial charge in [-0.3, -0.25) is 9.59 Å². The van der Waals surface area contributed by atoms with Crippen molar-refractivity contribution in [1.82, 2.24) is 9.97 Å². The fourth-order valence-electron chi connectivity index (χ4n) is 4.38. The highest BCUT2D eigenvalue weighted by molar-refractivity contribution is 9.08. The molecular formula is C36H29BrF4N4O4S2. The molecule has 8 nitrogen and oxygen atoms in total. The van der Waals surface area contributed by atoms with Gasteiger partial charge in [-0.1, -0.05) is 76.6 Å². The van der Waals surface area contributed by atoms with Gasteiger partial charge in [-0.25, -0.2) is 27.5 Å². The normalized spacial score (nSPS) is 10.4. The van der Waals surface area contributed by atoms with Crippen LogP contribution >= 0.6 is 38.6 Å². The number of benzene rings is 4. The van der Waals surface area contributed by atoms with Gasteiger partial charge < -0.3 is 21.3 Å². The SMILES string of the molecule is BrCc1nc(Cc2ccccc2)cs1.NC(=O)c1c(F)ccc(O)c1F.NC(=O)c1c(F)ccc(OCc2nc(Cc3ccccc3)cs2)c1F. The number of halogens is 5. The number of amides is 2. The molecule has 2 heterocycles. The minimum Gasteiger partial charge on any atom is -0.505 e. The van der Waals surface area contributed by atoms with Crippen molar-refractivity contribution in [2.75, 3.05) is 0 Å². The lowest BCUT2D eigenvalue weighted by atomic mass is 10.1. The van der Waals surface area contributed by atoms with E-state index >= 15 is 0 Å². The van der Waals surface area contributed by atoms with Crippen LogP contribution < -0.4 is 16.2 Å². The summed E-state index contributed by atoms with van der Waals surface area (Å²) < 4.78 is 58.2. The van der Waals surface area contributed by atoms with E-state index in [2.05, 4.69) is 61.3 Å². The van der Waals surface area contributed by atoms with Crippen LogP contribution in [0.4, 0.5) is 17.6 Å². The second-order valence-corrected chi connectivity index (χ2v) is 12.9. The molecule has 4 aromatic carbocycles. The molecule has 6 aromatic rings. The molecule has 264 valence electrons. The van der Waals surface area contributed by atoms with Crippen LogP contribution in [0.25, 0.3) is 0 Å². The van der Waals surface area contributed by atoms with Gasteiger partial charge in [0, 0.05) is 23.6 Å². The Morgan fingerprint density at radius 1 is 0.686 bits per heavy atom. The number of phenols is 1. The summed E-state index contributed by atoms with van der Waals surface area (Å²) in [5.41, 5.74) is 12.4. The minimum atomic E-state index is -1.33. The maximum atomic E-state index is 14.1. The highest BCUT2D eigenvalue weighted by Crippen LogP contribution is 2.25. The zero-order valence-corrected chi connectivity index (χ0v) is 29.7. The Balaban J connectivity index is 0.000000189. The highest BCUT2D eigenvalue weighted by Gasteiger charge is 2.20. The molecule has 0 aliphatic carbocycles. The standard InChI is InChI=1S/C18H14F2N2O2S.C11H10BrNS.C7H5F2NO2/c19-13-6-7-14(17(20)16(13)18(21)23)24-9-15-22-12(10-25-15)8-11-4-2-1-3-5-11;12-7-11-13-10(8-14-11)6-9-4-2-1-3-5-9;8-3-1-2-4(11)6(9)5(3)7(10)12/h1-7,10H,8-9H2,(H2,21,23);1-5,8H,6-7H2;1-2,11H,(H2,10,12). The van der Waals surface area contributed by atoms with Crippen LogP contribution in [0.3, 0.4) is 0 Å². The van der Waals surface area contributed by atoms with Gasteiger partial charge in [0.1, 0.15) is 39.4 Å². The summed E-state index contributed by atoms with van der Waals surface area (Å²) in [6.07, 6.45) is 1.62. The Kier molecular flexibility index (Phi) is 14.2. The summed E-state index contributed by atoms with van der Waals surface area (Å²) in [6.45, 7) is 0.0141. The van der Waals surface area contributed by atoms with E-state index < -0.39 is 52.0 Å². The van der Waals surface area contributed by atoms with Crippen LogP contribution in [0.2, 0.25) is 0 Å². The van der Waals surface area contributed by atoms with Gasteiger partial charge in [0.05, 0.1) is 16.7 Å². The molecule has 2 amide bonds. The molecule has 0 saturated carbocycles. The van der Waals surface area contributed by atoms with E-state index in [9.17, 15) is 27.2 Å². The van der Waals surface area contributed by atoms with E-state index in [0.717, 1.165) is 58.0 Å². The first kappa shape index (κ1) is 38.7. The van der Waals surface area contributed by atoms with E-state index in [1.54, 1.807) is 11.3 Å². The number of alkyl halides is 1. The first-order valence-corrected chi connectivity index (χ1v) is 17.7. The van der Waals surface area contributed by atoms with Gasteiger partial charge in [-0.2, -0.15) is 0 Å². The lowest BCUT2D eigenvalue weighted by molar-refractivity contribution is 0.0982. The van der Waals surface area contributed by atoms with E-state index in [0.29, 0.717) is 11.4 Å². The summed E-state index contributed by atoms with van der Waals surface area (Å²) in [5, 5.41) is 15.4. The number of nitrogens with two attached hydrogens (primary N) is 2. The molecule has 15 heteroatoms. The zero-order chi connectivity index (χ0) is 36.9. The number of ether oxygens (including phenoxy) is 1. The van der Waals surface area contributed by atoms with E-state index in [1.807, 2.05) is 41.8 Å². The average Bonchev–Trinajstić information content (AvgIpc) is 3.76. The van der Waals surface area contributed by atoms with Crippen LogP contribution in [0.15, 0.2) is 95.7 Å². The summed E-state index contributed by atoms with van der Waals surface area (Å²) in [4.78, 5) is 30.5. The van der Waals surface area contributed by atoms with Crippen molar-refractivity contribution in [2.45, 2.75) is 24.8 Å². The van der Waals surface area contributed by atoms with Crippen molar-refractivity contribution in [3.8, 4) is 11.5 Å². The summed E-state index contributed by atoms with van der Waals surface area (Å²) >= 11 is 6.50. The number of carbonyl (C=O) groups is 2. The van der Waals surface area contributed by atoms with Crippen LogP contribution in [0.1, 0.15) is 53.2 Å². The Bertz CT molecular complexity index is 2080. The number of aromatic nitrogens is 2. The maximum Gasteiger partial charge on any atom is 0.254 e. The summed E-state index contributed by atoms with van der Waals surface area (Å²) in [7, 11) is 0. The molecule has 51 heavy (non-hydrogen) atoms. The third-order valence-corrected chi connectivity index (χ3v) is 9.41. The van der Waals surface area contributed by atoms with Gasteiger partial charge in [0.25, 0.3) is 11.8 Å². The van der Waals surface area contributed by atoms with Crippen molar-refractivity contribution in [3.63, 3.8) is 0 Å². The van der Waals surface area contributed by atoms with E-state index in [-0.39, 0.29) is 12.4 Å². The van der Waals surface area contributed by atoms with Crippen LogP contribution in [-0.2, 0) is 24.8 Å². The van der Waals surface area contributed by atoms with Crippen LogP contribution in [-0.4, -0.2) is 26.9 Å². The number of aromatic hydroxyl groups is 1. The second kappa shape index (κ2) is 18.8. The molecule has 0 aliphatic heterocycles. The molecule has 0 aliphatic rings. The minimum absolute atomic E-state index is 0.0141. The quantitative estimate of drug-likeness (QED) is 0.0945. The number of primary amides is 2. The molecule has 0 atom stereocenters. The predicted octanol–water partition coefficient (Wildman–Crippen LogP) is 8.09. The van der Waals surface area contributed by atoms with Gasteiger partial charge in [-0.15, -0.1) is 22.7 Å². The second-order valence-electron chi connectivity index (χ2n) is 10.4. The molecule has 0 spiro atoms. The number of thiazole rings is 2. The topological polar surface area (TPSA) is 141 Å². The lowest BCUT2D eigenvalue weighted by Crippen LogP contribution is -2.16. The monoisotopic (exact) mass is 800 g/mol. The fraction of sp³-hybridized carbons (Fsp3) is 0.111. The number of carbonyl (C=O) groups excluding carboxylic acids is 2. The molecule has 2 aromatic heterocycles. The summed E-state index contributed by atoms with van der Waals surface area (Å²) in [6, 6.07) is 23.9. The molecule has 6 rings (SSSR count). The van der Waals surface area contributed by atoms with E-state index in [1.165, 1.54) is 16.9 Å². The Morgan fingerprint density at radius 2 is 1.16 bits per heavy atom. The zero-order valence-electron chi connectivity index (χ0n) is 26.5. The number of phenolic OH excluding ortho intramolecular Hbond substituents is 1. The highest BCUT2D eigenvalue weighted by atomic mass is 79.9. The largest absolute Gasteiger partial charge is 0.505 e. The average molecular weight is 802 g/mol. The number of nitrogens with zero attached hydrogens (tertiary/aromatic N) is 2. The Labute approximate surface area is 306 Å². The van der Waals surface area contributed by atoms with Gasteiger partial charge in [0.15, 0.2) is 23.1 Å². The van der Waals surface area contributed by atoms with Crippen LogP contribution in [0, 0.1) is 23.3 Å². The van der Waals surface area contributed by atoms with Crippen molar-refractivity contribution in [3.05, 3.63) is 163 Å². The van der Waals surface area contributed by atoms with Crippen molar-refractivity contribution in [2.24, 2.45) is 11.5 Å². The fourth-order valence-corrected chi connectivity index (χ4v) is 6.24. The molecule has 0 saturated heterocycles. The van der Waals surface area contributed by atoms with Gasteiger partial charge in [0.2, 0.25) is 0 Å². The molecule has 5 N–H and O–H groups in total.